The minimum absolute atomic E-state index is 0.203. The molecule has 11 heteroatoms. The van der Waals surface area contributed by atoms with Gasteiger partial charge in [0, 0.05) is 6.54 Å². The summed E-state index contributed by atoms with van der Waals surface area (Å²) in [5, 5.41) is 13.2. The SMILES string of the molecule is N[C@@H]1C=C(C(=O)O)O[C@@H](C(=O)NCCCCCc2ccccc2)[C@@H]1NC(=O)C(F)(F)F. The Morgan fingerprint density at radius 3 is 2.39 bits per heavy atom. The number of benzene rings is 1. The molecule has 1 aromatic carbocycles. The lowest BCUT2D eigenvalue weighted by atomic mass is 9.98. The second kappa shape index (κ2) is 10.8. The van der Waals surface area contributed by atoms with E-state index < -0.39 is 47.9 Å². The Bertz CT molecular complexity index is 814. The first-order valence-corrected chi connectivity index (χ1v) is 9.66. The highest BCUT2D eigenvalue weighted by Gasteiger charge is 2.46. The summed E-state index contributed by atoms with van der Waals surface area (Å²) in [6, 6.07) is 6.87. The van der Waals surface area contributed by atoms with Crippen LogP contribution in [0.5, 0.6) is 0 Å². The largest absolute Gasteiger partial charge is 0.475 e. The van der Waals surface area contributed by atoms with Crippen molar-refractivity contribution in [1.29, 1.82) is 0 Å². The summed E-state index contributed by atoms with van der Waals surface area (Å²) in [5.74, 6) is -5.37. The number of alkyl halides is 3. The molecule has 0 saturated heterocycles. The van der Waals surface area contributed by atoms with Crippen LogP contribution in [0.1, 0.15) is 24.8 Å². The van der Waals surface area contributed by atoms with E-state index in [4.69, 9.17) is 15.6 Å². The van der Waals surface area contributed by atoms with Crippen molar-refractivity contribution in [2.24, 2.45) is 5.73 Å². The third-order valence-corrected chi connectivity index (χ3v) is 4.65. The number of carbonyl (C=O) groups is 3. The Balaban J connectivity index is 1.90. The summed E-state index contributed by atoms with van der Waals surface area (Å²) in [6.45, 7) is 0.203. The average molecular weight is 443 g/mol. The lowest BCUT2D eigenvalue weighted by molar-refractivity contribution is -0.175. The number of amides is 2. The third-order valence-electron chi connectivity index (χ3n) is 4.65. The number of aliphatic carboxylic acids is 1. The molecule has 2 rings (SSSR count). The van der Waals surface area contributed by atoms with Crippen molar-refractivity contribution in [2.75, 3.05) is 6.54 Å². The van der Waals surface area contributed by atoms with Gasteiger partial charge in [0.2, 0.25) is 5.76 Å². The van der Waals surface area contributed by atoms with Gasteiger partial charge in [0.25, 0.3) is 5.91 Å². The van der Waals surface area contributed by atoms with Crippen molar-refractivity contribution < 1.29 is 37.4 Å². The van der Waals surface area contributed by atoms with Crippen LogP contribution in [-0.2, 0) is 25.5 Å². The molecule has 5 N–H and O–H groups in total. The molecule has 0 bridgehead atoms. The summed E-state index contributed by atoms with van der Waals surface area (Å²) < 4.78 is 42.8. The summed E-state index contributed by atoms with van der Waals surface area (Å²) in [4.78, 5) is 34.9. The predicted octanol–water partition coefficient (Wildman–Crippen LogP) is 1.26. The quantitative estimate of drug-likeness (QED) is 0.425. The first-order chi connectivity index (χ1) is 14.6. The van der Waals surface area contributed by atoms with Gasteiger partial charge in [0.15, 0.2) is 6.10 Å². The van der Waals surface area contributed by atoms with E-state index in [1.165, 1.54) is 5.56 Å². The summed E-state index contributed by atoms with van der Waals surface area (Å²) in [5.41, 5.74) is 6.88. The number of halogens is 3. The minimum Gasteiger partial charge on any atom is -0.475 e. The number of hydrogen-bond donors (Lipinski definition) is 4. The lowest BCUT2D eigenvalue weighted by Crippen LogP contribution is -2.62. The first kappa shape index (κ1) is 24.2. The predicted molar refractivity (Wildman–Crippen MR) is 104 cm³/mol. The van der Waals surface area contributed by atoms with Gasteiger partial charge < -0.3 is 26.2 Å². The molecule has 0 saturated carbocycles. The normalized spacial score (nSPS) is 20.9. The maximum Gasteiger partial charge on any atom is 0.471 e. The van der Waals surface area contributed by atoms with E-state index in [1.54, 1.807) is 5.32 Å². The Morgan fingerprint density at radius 2 is 1.77 bits per heavy atom. The van der Waals surface area contributed by atoms with Gasteiger partial charge in [-0.15, -0.1) is 0 Å². The number of nitrogens with one attached hydrogen (secondary N) is 2. The van der Waals surface area contributed by atoms with Crippen LogP contribution in [0.3, 0.4) is 0 Å². The summed E-state index contributed by atoms with van der Waals surface area (Å²) >= 11 is 0. The number of hydrogen-bond acceptors (Lipinski definition) is 5. The average Bonchev–Trinajstić information content (AvgIpc) is 2.71. The zero-order valence-electron chi connectivity index (χ0n) is 16.5. The van der Waals surface area contributed by atoms with Crippen LogP contribution in [0.15, 0.2) is 42.2 Å². The molecule has 8 nitrogen and oxygen atoms in total. The number of aryl methyl sites for hydroxylation is 1. The molecule has 31 heavy (non-hydrogen) atoms. The fourth-order valence-corrected chi connectivity index (χ4v) is 3.06. The zero-order chi connectivity index (χ0) is 23.0. The number of carboxylic acid groups (broad SMARTS) is 1. The molecular formula is C20H24F3N3O5. The molecule has 1 aromatic rings. The number of carbonyl (C=O) groups excluding carboxylic acids is 2. The molecule has 0 aromatic heterocycles. The molecule has 2 amide bonds. The van der Waals surface area contributed by atoms with Crippen molar-refractivity contribution in [3.8, 4) is 0 Å². The van der Waals surface area contributed by atoms with E-state index in [9.17, 15) is 27.6 Å². The van der Waals surface area contributed by atoms with Gasteiger partial charge >= 0.3 is 18.1 Å². The van der Waals surface area contributed by atoms with Crippen molar-refractivity contribution in [3.05, 3.63) is 47.7 Å². The van der Waals surface area contributed by atoms with Gasteiger partial charge in [-0.2, -0.15) is 13.2 Å². The molecule has 1 aliphatic heterocycles. The Hall–Kier alpha value is -3.08. The first-order valence-electron chi connectivity index (χ1n) is 9.66. The number of ether oxygens (including phenoxy) is 1. The van der Waals surface area contributed by atoms with E-state index in [1.807, 2.05) is 30.3 Å². The molecule has 0 aliphatic carbocycles. The Kier molecular flexibility index (Phi) is 8.43. The van der Waals surface area contributed by atoms with Crippen molar-refractivity contribution in [2.45, 2.75) is 50.0 Å². The van der Waals surface area contributed by atoms with E-state index in [2.05, 4.69) is 5.32 Å². The van der Waals surface area contributed by atoms with Gasteiger partial charge in [-0.1, -0.05) is 36.8 Å². The van der Waals surface area contributed by atoms with Crippen molar-refractivity contribution >= 4 is 17.8 Å². The molecule has 0 spiro atoms. The fourth-order valence-electron chi connectivity index (χ4n) is 3.06. The fraction of sp³-hybridized carbons (Fsp3) is 0.450. The summed E-state index contributed by atoms with van der Waals surface area (Å²) in [7, 11) is 0. The van der Waals surface area contributed by atoms with Crippen molar-refractivity contribution in [3.63, 3.8) is 0 Å². The highest BCUT2D eigenvalue weighted by Crippen LogP contribution is 2.21. The van der Waals surface area contributed by atoms with Gasteiger partial charge in [0.1, 0.15) is 0 Å². The number of nitrogens with two attached hydrogens (primary N) is 1. The molecular weight excluding hydrogens is 419 g/mol. The van der Waals surface area contributed by atoms with E-state index in [0.717, 1.165) is 25.3 Å². The Morgan fingerprint density at radius 1 is 1.10 bits per heavy atom. The number of rotatable bonds is 9. The summed E-state index contributed by atoms with van der Waals surface area (Å²) in [6.07, 6.45) is -2.95. The van der Waals surface area contributed by atoms with Crippen LogP contribution in [0, 0.1) is 0 Å². The zero-order valence-corrected chi connectivity index (χ0v) is 16.5. The lowest BCUT2D eigenvalue weighted by Gasteiger charge is -2.34. The molecule has 0 unspecified atom stereocenters. The van der Waals surface area contributed by atoms with Crippen LogP contribution < -0.4 is 16.4 Å². The van der Waals surface area contributed by atoms with Crippen LogP contribution in [0.2, 0.25) is 0 Å². The van der Waals surface area contributed by atoms with E-state index in [-0.39, 0.29) is 6.54 Å². The molecule has 0 radical (unpaired) electrons. The highest BCUT2D eigenvalue weighted by molar-refractivity contribution is 5.89. The molecule has 170 valence electrons. The van der Waals surface area contributed by atoms with E-state index >= 15 is 0 Å². The molecule has 0 fully saturated rings. The molecule has 1 heterocycles. The van der Waals surface area contributed by atoms with Crippen LogP contribution >= 0.6 is 0 Å². The number of unbranched alkanes of at least 4 members (excludes halogenated alkanes) is 2. The van der Waals surface area contributed by atoms with Crippen LogP contribution in [0.4, 0.5) is 13.2 Å². The smallest absolute Gasteiger partial charge is 0.471 e. The standard InChI is InChI=1S/C20H24F3N3O5/c21-20(22,23)19(30)26-15-13(24)11-14(18(28)29)31-16(15)17(27)25-10-6-2-5-9-12-7-3-1-4-8-12/h1,3-4,7-8,11,13,15-16H,2,5-6,9-10,24H2,(H,25,27)(H,26,30)(H,28,29)/t13-,15-,16-/m1/s1. The second-order valence-corrected chi connectivity index (χ2v) is 7.04. The topological polar surface area (TPSA) is 131 Å². The highest BCUT2D eigenvalue weighted by atomic mass is 19.4. The molecule has 3 atom stereocenters. The number of carboxylic acids is 1. The van der Waals surface area contributed by atoms with Gasteiger partial charge in [-0.25, -0.2) is 4.79 Å². The maximum absolute atomic E-state index is 12.6. The maximum atomic E-state index is 12.6. The van der Waals surface area contributed by atoms with E-state index in [0.29, 0.717) is 6.42 Å². The second-order valence-electron chi connectivity index (χ2n) is 7.04. The van der Waals surface area contributed by atoms with Gasteiger partial charge in [-0.3, -0.25) is 9.59 Å². The van der Waals surface area contributed by atoms with Crippen molar-refractivity contribution in [1.82, 2.24) is 10.6 Å². The van der Waals surface area contributed by atoms with Crippen LogP contribution in [-0.4, -0.2) is 53.8 Å². The Labute approximate surface area is 176 Å². The minimum atomic E-state index is -5.20. The van der Waals surface area contributed by atoms with Gasteiger partial charge in [0.05, 0.1) is 12.1 Å². The molecule has 1 aliphatic rings. The van der Waals surface area contributed by atoms with Crippen LogP contribution in [0.25, 0.3) is 0 Å². The monoisotopic (exact) mass is 443 g/mol. The third kappa shape index (κ3) is 7.28. The van der Waals surface area contributed by atoms with Gasteiger partial charge in [-0.05, 0) is 30.9 Å².